The molecule has 0 aliphatic rings. The summed E-state index contributed by atoms with van der Waals surface area (Å²) in [5.74, 6) is 0.768. The van der Waals surface area contributed by atoms with E-state index in [-0.39, 0.29) is 12.3 Å². The second kappa shape index (κ2) is 8.75. The first kappa shape index (κ1) is 18.3. The molecule has 3 rings (SSSR count). The van der Waals surface area contributed by atoms with Crippen molar-refractivity contribution in [1.82, 2.24) is 9.88 Å². The molecule has 3 aromatic heterocycles. The van der Waals surface area contributed by atoms with Crippen LogP contribution in [0, 0.1) is 0 Å². The molecule has 0 N–H and O–H groups in total. The van der Waals surface area contributed by atoms with Crippen LogP contribution < -0.4 is 0 Å². The standard InChI is InChI=1S/C17H17BrN2O3S2/c1-22-6-4-20(9-14-3-2-5-23-14)16(21)8-13-11-25-17(19-13)15-7-12(18)10-24-15/h2-3,5,7,10-11H,4,6,8-9H2,1H3. The number of furan rings is 1. The highest BCUT2D eigenvalue weighted by Crippen LogP contribution is 2.32. The largest absolute Gasteiger partial charge is 0.467 e. The van der Waals surface area contributed by atoms with E-state index in [1.165, 1.54) is 0 Å². The van der Waals surface area contributed by atoms with Gasteiger partial charge in [0, 0.05) is 28.9 Å². The molecule has 1 amide bonds. The Morgan fingerprint density at radius 2 is 2.28 bits per heavy atom. The predicted octanol–water partition coefficient (Wildman–Crippen LogP) is 4.44. The van der Waals surface area contributed by atoms with E-state index in [2.05, 4.69) is 20.9 Å². The Kier molecular flexibility index (Phi) is 6.41. The van der Waals surface area contributed by atoms with Crippen LogP contribution in [0.5, 0.6) is 0 Å². The summed E-state index contributed by atoms with van der Waals surface area (Å²) in [5.41, 5.74) is 0.788. The van der Waals surface area contributed by atoms with Crippen LogP contribution in [0.2, 0.25) is 0 Å². The molecule has 0 spiro atoms. The van der Waals surface area contributed by atoms with Gasteiger partial charge in [-0.2, -0.15) is 0 Å². The van der Waals surface area contributed by atoms with Crippen LogP contribution in [-0.4, -0.2) is 36.1 Å². The number of ether oxygens (including phenoxy) is 1. The number of carbonyl (C=O) groups excluding carboxylic acids is 1. The Bertz CT molecular complexity index is 814. The van der Waals surface area contributed by atoms with E-state index in [0.717, 1.165) is 25.8 Å². The number of aromatic nitrogens is 1. The van der Waals surface area contributed by atoms with Gasteiger partial charge in [0.15, 0.2) is 0 Å². The number of carbonyl (C=O) groups is 1. The summed E-state index contributed by atoms with van der Waals surface area (Å²) in [6.45, 7) is 1.44. The van der Waals surface area contributed by atoms with E-state index >= 15 is 0 Å². The highest BCUT2D eigenvalue weighted by Gasteiger charge is 2.17. The average molecular weight is 441 g/mol. The number of hydrogen-bond donors (Lipinski definition) is 0. The molecule has 0 saturated heterocycles. The zero-order valence-corrected chi connectivity index (χ0v) is 16.8. The van der Waals surface area contributed by atoms with Gasteiger partial charge in [0.1, 0.15) is 10.8 Å². The smallest absolute Gasteiger partial charge is 0.229 e. The molecule has 0 fully saturated rings. The summed E-state index contributed by atoms with van der Waals surface area (Å²) in [6, 6.07) is 5.72. The van der Waals surface area contributed by atoms with Crippen molar-refractivity contribution in [2.75, 3.05) is 20.3 Å². The van der Waals surface area contributed by atoms with Gasteiger partial charge in [0.2, 0.25) is 5.91 Å². The van der Waals surface area contributed by atoms with E-state index in [1.54, 1.807) is 40.9 Å². The molecule has 5 nitrogen and oxygen atoms in total. The van der Waals surface area contributed by atoms with Gasteiger partial charge in [-0.05, 0) is 34.1 Å². The minimum Gasteiger partial charge on any atom is -0.467 e. The molecule has 0 bridgehead atoms. The van der Waals surface area contributed by atoms with Gasteiger partial charge >= 0.3 is 0 Å². The first-order chi connectivity index (χ1) is 12.2. The minimum atomic E-state index is 0.0117. The summed E-state index contributed by atoms with van der Waals surface area (Å²) in [6.07, 6.45) is 1.88. The zero-order chi connectivity index (χ0) is 17.6. The lowest BCUT2D eigenvalue weighted by molar-refractivity contribution is -0.132. The maximum atomic E-state index is 12.7. The first-order valence-electron chi connectivity index (χ1n) is 7.63. The molecule has 132 valence electrons. The van der Waals surface area contributed by atoms with E-state index in [9.17, 15) is 4.79 Å². The molecule has 0 atom stereocenters. The summed E-state index contributed by atoms with van der Waals surface area (Å²) in [5, 5.41) is 4.91. The van der Waals surface area contributed by atoms with Gasteiger partial charge < -0.3 is 14.1 Å². The monoisotopic (exact) mass is 440 g/mol. The predicted molar refractivity (Wildman–Crippen MR) is 103 cm³/mol. The number of thiazole rings is 1. The van der Waals surface area contributed by atoms with Crippen molar-refractivity contribution >= 4 is 44.5 Å². The number of methoxy groups -OCH3 is 1. The molecule has 0 unspecified atom stereocenters. The fourth-order valence-corrected chi connectivity index (χ4v) is 4.60. The lowest BCUT2D eigenvalue weighted by Crippen LogP contribution is -2.34. The van der Waals surface area contributed by atoms with E-state index in [1.807, 2.05) is 29.0 Å². The Hall–Kier alpha value is -1.48. The van der Waals surface area contributed by atoms with Gasteiger partial charge in [-0.15, -0.1) is 22.7 Å². The van der Waals surface area contributed by atoms with Crippen molar-refractivity contribution in [2.45, 2.75) is 13.0 Å². The van der Waals surface area contributed by atoms with Crippen molar-refractivity contribution in [2.24, 2.45) is 0 Å². The van der Waals surface area contributed by atoms with Crippen LogP contribution in [-0.2, 0) is 22.5 Å². The third kappa shape index (κ3) is 5.01. The van der Waals surface area contributed by atoms with Crippen molar-refractivity contribution < 1.29 is 13.9 Å². The third-order valence-corrected chi connectivity index (χ3v) is 6.26. The van der Waals surface area contributed by atoms with Gasteiger partial charge in [0.25, 0.3) is 0 Å². The maximum absolute atomic E-state index is 12.7. The van der Waals surface area contributed by atoms with Crippen molar-refractivity contribution in [1.29, 1.82) is 0 Å². The molecule has 25 heavy (non-hydrogen) atoms. The number of halogens is 1. The summed E-state index contributed by atoms with van der Waals surface area (Å²) in [4.78, 5) is 20.1. The van der Waals surface area contributed by atoms with Crippen molar-refractivity contribution in [3.8, 4) is 9.88 Å². The third-order valence-electron chi connectivity index (χ3n) is 3.51. The molecule has 0 aliphatic carbocycles. The maximum Gasteiger partial charge on any atom is 0.229 e. The molecule has 0 aliphatic heterocycles. The lowest BCUT2D eigenvalue weighted by Gasteiger charge is -2.21. The molecular formula is C17H17BrN2O3S2. The van der Waals surface area contributed by atoms with Gasteiger partial charge in [-0.25, -0.2) is 4.98 Å². The van der Waals surface area contributed by atoms with Gasteiger partial charge in [0.05, 0.1) is 36.4 Å². The highest BCUT2D eigenvalue weighted by atomic mass is 79.9. The van der Waals surface area contributed by atoms with Crippen LogP contribution in [0.4, 0.5) is 0 Å². The van der Waals surface area contributed by atoms with Crippen LogP contribution in [0.15, 0.2) is 44.1 Å². The SMILES string of the molecule is COCCN(Cc1ccco1)C(=O)Cc1csc(-c2cc(Br)cs2)n1. The Morgan fingerprint density at radius 1 is 1.40 bits per heavy atom. The normalized spacial score (nSPS) is 11.0. The second-order valence-corrected chi connectivity index (χ2v) is 8.02. The lowest BCUT2D eigenvalue weighted by atomic mass is 10.2. The van der Waals surface area contributed by atoms with E-state index in [4.69, 9.17) is 9.15 Å². The number of thiophene rings is 1. The van der Waals surface area contributed by atoms with E-state index < -0.39 is 0 Å². The average Bonchev–Trinajstić information content (AvgIpc) is 3.33. The Morgan fingerprint density at radius 3 is 2.96 bits per heavy atom. The van der Waals surface area contributed by atoms with E-state index in [0.29, 0.717) is 19.7 Å². The summed E-state index contributed by atoms with van der Waals surface area (Å²) >= 11 is 6.64. The molecule has 0 aromatic carbocycles. The Labute approximate surface area is 162 Å². The van der Waals surface area contributed by atoms with Crippen LogP contribution >= 0.6 is 38.6 Å². The first-order valence-corrected chi connectivity index (χ1v) is 10.2. The van der Waals surface area contributed by atoms with Gasteiger partial charge in [-0.3, -0.25) is 4.79 Å². The molecule has 3 aromatic rings. The van der Waals surface area contributed by atoms with Crippen LogP contribution in [0.3, 0.4) is 0 Å². The second-order valence-electron chi connectivity index (χ2n) is 5.34. The van der Waals surface area contributed by atoms with Crippen molar-refractivity contribution in [3.63, 3.8) is 0 Å². The Balaban J connectivity index is 1.66. The fraction of sp³-hybridized carbons (Fsp3) is 0.294. The number of nitrogens with zero attached hydrogens (tertiary/aromatic N) is 2. The van der Waals surface area contributed by atoms with Crippen LogP contribution in [0.25, 0.3) is 9.88 Å². The summed E-state index contributed by atoms with van der Waals surface area (Å²) in [7, 11) is 1.63. The number of amides is 1. The quantitative estimate of drug-likeness (QED) is 0.519. The van der Waals surface area contributed by atoms with Gasteiger partial charge in [-0.1, -0.05) is 0 Å². The van der Waals surface area contributed by atoms with Crippen molar-refractivity contribution in [3.05, 3.63) is 51.1 Å². The highest BCUT2D eigenvalue weighted by molar-refractivity contribution is 9.10. The molecule has 8 heteroatoms. The topological polar surface area (TPSA) is 55.6 Å². The molecular weight excluding hydrogens is 424 g/mol. The molecule has 3 heterocycles. The minimum absolute atomic E-state index is 0.0117. The zero-order valence-electron chi connectivity index (χ0n) is 13.6. The number of rotatable bonds is 8. The molecule has 0 radical (unpaired) electrons. The number of hydrogen-bond acceptors (Lipinski definition) is 6. The fourth-order valence-electron chi connectivity index (χ4n) is 2.28. The summed E-state index contributed by atoms with van der Waals surface area (Å²) < 4.78 is 11.5. The van der Waals surface area contributed by atoms with Crippen LogP contribution in [0.1, 0.15) is 11.5 Å². The molecule has 0 saturated carbocycles.